The largest absolute Gasteiger partial charge is 0.356 e. The maximum absolute atomic E-state index is 12.6. The van der Waals surface area contributed by atoms with E-state index in [1.807, 2.05) is 24.4 Å². The lowest BCUT2D eigenvalue weighted by Gasteiger charge is -2.20. The molecule has 4 nitrogen and oxygen atoms in total. The lowest BCUT2D eigenvalue weighted by molar-refractivity contribution is -0.125. The van der Waals surface area contributed by atoms with Crippen molar-refractivity contribution in [2.75, 3.05) is 6.54 Å². The third-order valence-electron chi connectivity index (χ3n) is 5.00. The Hall–Kier alpha value is -2.53. The maximum atomic E-state index is 12.6. The first-order valence-electron chi connectivity index (χ1n) is 9.50. The van der Waals surface area contributed by atoms with Crippen LogP contribution < -0.4 is 5.32 Å². The highest BCUT2D eigenvalue weighted by atomic mass is 32.1. The Labute approximate surface area is 163 Å². The summed E-state index contributed by atoms with van der Waals surface area (Å²) in [6.45, 7) is 0.737. The standard InChI is InChI=1S/C22H23N3OS/c26-21(24-13-4-8-16-6-2-1-3-7-16)17-10-11-19-20(14-17)27-22(25-19)18-9-5-12-23-15-18/h1-3,5-7,9,12,15,17H,4,8,10-11,13-14H2,(H,24,26). The van der Waals surface area contributed by atoms with Gasteiger partial charge in [-0.15, -0.1) is 11.3 Å². The normalized spacial score (nSPS) is 15.9. The molecule has 1 N–H and O–H groups in total. The van der Waals surface area contributed by atoms with E-state index in [1.54, 1.807) is 17.5 Å². The van der Waals surface area contributed by atoms with Gasteiger partial charge in [0.25, 0.3) is 0 Å². The van der Waals surface area contributed by atoms with Crippen LogP contribution in [-0.4, -0.2) is 22.4 Å². The Morgan fingerprint density at radius 1 is 1.19 bits per heavy atom. The molecule has 3 aromatic rings. The number of amides is 1. The molecular formula is C22H23N3OS. The van der Waals surface area contributed by atoms with E-state index in [0.29, 0.717) is 0 Å². The molecule has 1 aromatic carbocycles. The zero-order valence-electron chi connectivity index (χ0n) is 15.2. The molecule has 1 aliphatic rings. The summed E-state index contributed by atoms with van der Waals surface area (Å²) >= 11 is 1.70. The van der Waals surface area contributed by atoms with Crippen LogP contribution in [0.15, 0.2) is 54.9 Å². The molecule has 0 radical (unpaired) electrons. The number of benzene rings is 1. The van der Waals surface area contributed by atoms with Crippen LogP contribution in [0.3, 0.4) is 0 Å². The van der Waals surface area contributed by atoms with E-state index in [0.717, 1.165) is 54.9 Å². The summed E-state index contributed by atoms with van der Waals surface area (Å²) in [7, 11) is 0. The number of nitrogens with zero attached hydrogens (tertiary/aromatic N) is 2. The Balaban J connectivity index is 1.30. The number of nitrogens with one attached hydrogen (secondary N) is 1. The fourth-order valence-corrected chi connectivity index (χ4v) is 4.68. The van der Waals surface area contributed by atoms with Crippen LogP contribution in [0.5, 0.6) is 0 Å². The zero-order valence-corrected chi connectivity index (χ0v) is 16.0. The highest BCUT2D eigenvalue weighted by Crippen LogP contribution is 2.34. The van der Waals surface area contributed by atoms with E-state index in [-0.39, 0.29) is 11.8 Å². The van der Waals surface area contributed by atoms with Crippen molar-refractivity contribution in [1.29, 1.82) is 0 Å². The van der Waals surface area contributed by atoms with Gasteiger partial charge in [0, 0.05) is 35.3 Å². The third-order valence-corrected chi connectivity index (χ3v) is 6.17. The van der Waals surface area contributed by atoms with Gasteiger partial charge < -0.3 is 5.32 Å². The Bertz CT molecular complexity index is 892. The van der Waals surface area contributed by atoms with E-state index < -0.39 is 0 Å². The Morgan fingerprint density at radius 3 is 2.89 bits per heavy atom. The van der Waals surface area contributed by atoms with E-state index in [2.05, 4.69) is 34.6 Å². The summed E-state index contributed by atoms with van der Waals surface area (Å²) in [4.78, 5) is 22.8. The molecule has 1 amide bonds. The Morgan fingerprint density at radius 2 is 2.07 bits per heavy atom. The van der Waals surface area contributed by atoms with Crippen molar-refractivity contribution in [3.8, 4) is 10.6 Å². The number of carbonyl (C=O) groups is 1. The van der Waals surface area contributed by atoms with Crippen LogP contribution >= 0.6 is 11.3 Å². The first-order chi connectivity index (χ1) is 13.3. The third kappa shape index (κ3) is 4.42. The second-order valence-electron chi connectivity index (χ2n) is 6.95. The molecule has 0 saturated heterocycles. The van der Waals surface area contributed by atoms with Gasteiger partial charge in [0.15, 0.2) is 0 Å². The average molecular weight is 378 g/mol. The van der Waals surface area contributed by atoms with Crippen LogP contribution in [0, 0.1) is 5.92 Å². The van der Waals surface area contributed by atoms with E-state index >= 15 is 0 Å². The minimum absolute atomic E-state index is 0.0661. The molecular weight excluding hydrogens is 354 g/mol. The highest BCUT2D eigenvalue weighted by Gasteiger charge is 2.27. The number of hydrogen-bond acceptors (Lipinski definition) is 4. The van der Waals surface area contributed by atoms with Crippen LogP contribution in [0.2, 0.25) is 0 Å². The second-order valence-corrected chi connectivity index (χ2v) is 8.03. The van der Waals surface area contributed by atoms with Crippen LogP contribution in [0.1, 0.15) is 29.0 Å². The molecule has 0 saturated carbocycles. The van der Waals surface area contributed by atoms with Crippen molar-refractivity contribution in [3.05, 3.63) is 71.0 Å². The number of carbonyl (C=O) groups excluding carboxylic acids is 1. The second kappa shape index (κ2) is 8.44. The molecule has 27 heavy (non-hydrogen) atoms. The molecule has 5 heteroatoms. The molecule has 1 aliphatic carbocycles. The van der Waals surface area contributed by atoms with Gasteiger partial charge in [-0.1, -0.05) is 30.3 Å². The van der Waals surface area contributed by atoms with Gasteiger partial charge in [-0.05, 0) is 49.8 Å². The van der Waals surface area contributed by atoms with E-state index in [9.17, 15) is 4.79 Å². The summed E-state index contributed by atoms with van der Waals surface area (Å²) < 4.78 is 0. The SMILES string of the molecule is O=C(NCCCc1ccccc1)C1CCc2nc(-c3cccnc3)sc2C1. The van der Waals surface area contributed by atoms with Gasteiger partial charge in [-0.25, -0.2) is 4.98 Å². The number of pyridine rings is 1. The topological polar surface area (TPSA) is 54.9 Å². The summed E-state index contributed by atoms with van der Waals surface area (Å²) in [5.41, 5.74) is 3.53. The van der Waals surface area contributed by atoms with Crippen molar-refractivity contribution >= 4 is 17.2 Å². The van der Waals surface area contributed by atoms with Crippen molar-refractivity contribution in [2.45, 2.75) is 32.1 Å². The molecule has 0 fully saturated rings. The molecule has 1 atom stereocenters. The van der Waals surface area contributed by atoms with Crippen molar-refractivity contribution in [1.82, 2.24) is 15.3 Å². The summed E-state index contributed by atoms with van der Waals surface area (Å²) in [6, 6.07) is 14.4. The van der Waals surface area contributed by atoms with E-state index in [4.69, 9.17) is 4.98 Å². The molecule has 2 heterocycles. The van der Waals surface area contributed by atoms with Gasteiger partial charge in [0.1, 0.15) is 5.01 Å². The van der Waals surface area contributed by atoms with Gasteiger partial charge in [0.2, 0.25) is 5.91 Å². The number of thiazole rings is 1. The quantitative estimate of drug-likeness (QED) is 0.659. The molecule has 0 spiro atoms. The van der Waals surface area contributed by atoms with Crippen LogP contribution in [0.25, 0.3) is 10.6 Å². The van der Waals surface area contributed by atoms with E-state index in [1.165, 1.54) is 10.4 Å². The zero-order chi connectivity index (χ0) is 18.5. The minimum Gasteiger partial charge on any atom is -0.356 e. The number of aromatic nitrogens is 2. The summed E-state index contributed by atoms with van der Waals surface area (Å²) in [5, 5.41) is 4.14. The molecule has 0 aliphatic heterocycles. The minimum atomic E-state index is 0.0661. The fourth-order valence-electron chi connectivity index (χ4n) is 3.50. The monoisotopic (exact) mass is 377 g/mol. The number of rotatable bonds is 6. The lowest BCUT2D eigenvalue weighted by atomic mass is 9.90. The smallest absolute Gasteiger partial charge is 0.223 e. The van der Waals surface area contributed by atoms with Crippen molar-refractivity contribution in [2.24, 2.45) is 5.92 Å². The van der Waals surface area contributed by atoms with Crippen molar-refractivity contribution in [3.63, 3.8) is 0 Å². The molecule has 138 valence electrons. The molecule has 4 rings (SSSR count). The molecule has 2 aromatic heterocycles. The van der Waals surface area contributed by atoms with Crippen LogP contribution in [0.4, 0.5) is 0 Å². The summed E-state index contributed by atoms with van der Waals surface area (Å²) in [5.74, 6) is 0.251. The predicted octanol–water partition coefficient (Wildman–Crippen LogP) is 4.06. The first kappa shape index (κ1) is 17.9. The average Bonchev–Trinajstić information content (AvgIpc) is 3.16. The lowest BCUT2D eigenvalue weighted by Crippen LogP contribution is -2.34. The molecule has 1 unspecified atom stereocenters. The van der Waals surface area contributed by atoms with Gasteiger partial charge in [-0.3, -0.25) is 9.78 Å². The maximum Gasteiger partial charge on any atom is 0.223 e. The van der Waals surface area contributed by atoms with Gasteiger partial charge >= 0.3 is 0 Å². The number of aryl methyl sites for hydroxylation is 2. The highest BCUT2D eigenvalue weighted by molar-refractivity contribution is 7.15. The molecule has 0 bridgehead atoms. The number of fused-ring (bicyclic) bond motifs is 1. The van der Waals surface area contributed by atoms with Gasteiger partial charge in [0.05, 0.1) is 5.69 Å². The van der Waals surface area contributed by atoms with Crippen LogP contribution in [-0.2, 0) is 24.1 Å². The predicted molar refractivity (Wildman–Crippen MR) is 109 cm³/mol. The van der Waals surface area contributed by atoms with Crippen molar-refractivity contribution < 1.29 is 4.79 Å². The fraction of sp³-hybridized carbons (Fsp3) is 0.318. The summed E-state index contributed by atoms with van der Waals surface area (Å²) in [6.07, 6.45) is 8.16. The first-order valence-corrected chi connectivity index (χ1v) is 10.3. The Kier molecular flexibility index (Phi) is 5.58. The number of hydrogen-bond donors (Lipinski definition) is 1. The van der Waals surface area contributed by atoms with Gasteiger partial charge in [-0.2, -0.15) is 0 Å².